The first-order valence-corrected chi connectivity index (χ1v) is 7.55. The largest absolute Gasteiger partial charge is 0.493 e. The number of carbonyl (C=O) groups excluding carboxylic acids is 1. The first-order valence-electron chi connectivity index (χ1n) is 7.55. The van der Waals surface area contributed by atoms with Gasteiger partial charge in [-0.25, -0.2) is 0 Å². The zero-order valence-electron chi connectivity index (χ0n) is 13.2. The summed E-state index contributed by atoms with van der Waals surface area (Å²) in [6, 6.07) is 5.98. The number of rotatable bonds is 8. The van der Waals surface area contributed by atoms with Gasteiger partial charge in [0.2, 0.25) is 5.91 Å². The summed E-state index contributed by atoms with van der Waals surface area (Å²) in [5, 5.41) is 0. The zero-order valence-corrected chi connectivity index (χ0v) is 13.2. The lowest BCUT2D eigenvalue weighted by Crippen LogP contribution is -2.40. The van der Waals surface area contributed by atoms with Gasteiger partial charge < -0.3 is 10.5 Å². The number of carbonyl (C=O) groups is 1. The van der Waals surface area contributed by atoms with E-state index in [4.69, 9.17) is 10.5 Å². The van der Waals surface area contributed by atoms with Gasteiger partial charge in [0.05, 0.1) is 12.0 Å². The number of nitrogens with two attached hydrogens (primary N) is 1. The minimum Gasteiger partial charge on any atom is -0.493 e. The molecule has 1 aromatic rings. The normalized spacial score (nSPS) is 11.4. The third-order valence-corrected chi connectivity index (χ3v) is 4.16. The molecule has 0 aliphatic rings. The van der Waals surface area contributed by atoms with Crippen molar-refractivity contribution in [1.29, 1.82) is 0 Å². The topological polar surface area (TPSA) is 52.3 Å². The maximum Gasteiger partial charge on any atom is 0.228 e. The lowest BCUT2D eigenvalue weighted by Gasteiger charge is -2.29. The Labute approximate surface area is 122 Å². The van der Waals surface area contributed by atoms with Crippen molar-refractivity contribution in [3.05, 3.63) is 29.3 Å². The summed E-state index contributed by atoms with van der Waals surface area (Å²) in [5.41, 5.74) is 7.14. The van der Waals surface area contributed by atoms with Gasteiger partial charge in [-0.3, -0.25) is 4.79 Å². The SMILES string of the molecule is CCCCOc1ccc(C(CC)(CC)C(N)=O)cc1C. The standard InChI is InChI=1S/C17H27NO2/c1-5-8-11-20-15-10-9-14(12-13(15)4)17(6-2,7-3)16(18)19/h9-10,12H,5-8,11H2,1-4H3,(H2,18,19). The fourth-order valence-corrected chi connectivity index (χ4v) is 2.58. The van der Waals surface area contributed by atoms with Crippen molar-refractivity contribution in [3.63, 3.8) is 0 Å². The fourth-order valence-electron chi connectivity index (χ4n) is 2.58. The summed E-state index contributed by atoms with van der Waals surface area (Å²) in [4.78, 5) is 11.9. The number of ether oxygens (including phenoxy) is 1. The Morgan fingerprint density at radius 1 is 1.25 bits per heavy atom. The summed E-state index contributed by atoms with van der Waals surface area (Å²) in [7, 11) is 0. The van der Waals surface area contributed by atoms with Gasteiger partial charge in [0.15, 0.2) is 0 Å². The highest BCUT2D eigenvalue weighted by Gasteiger charge is 2.35. The van der Waals surface area contributed by atoms with Gasteiger partial charge in [0.25, 0.3) is 0 Å². The molecule has 1 rings (SSSR count). The molecule has 0 saturated heterocycles. The van der Waals surface area contributed by atoms with Gasteiger partial charge in [0, 0.05) is 0 Å². The van der Waals surface area contributed by atoms with E-state index in [0.717, 1.165) is 36.3 Å². The second-order valence-corrected chi connectivity index (χ2v) is 5.34. The number of amides is 1. The lowest BCUT2D eigenvalue weighted by molar-refractivity contribution is -0.123. The highest BCUT2D eigenvalue weighted by molar-refractivity contribution is 5.86. The minimum atomic E-state index is -0.563. The van der Waals surface area contributed by atoms with Crippen molar-refractivity contribution in [2.24, 2.45) is 5.73 Å². The van der Waals surface area contributed by atoms with Gasteiger partial charge in [-0.15, -0.1) is 0 Å². The van der Waals surface area contributed by atoms with Crippen molar-refractivity contribution in [3.8, 4) is 5.75 Å². The molecule has 0 radical (unpaired) electrons. The van der Waals surface area contributed by atoms with Crippen LogP contribution < -0.4 is 10.5 Å². The summed E-state index contributed by atoms with van der Waals surface area (Å²) in [5.74, 6) is 0.648. The van der Waals surface area contributed by atoms with Crippen LogP contribution in [0.2, 0.25) is 0 Å². The van der Waals surface area contributed by atoms with Crippen LogP contribution in [-0.2, 0) is 10.2 Å². The van der Waals surface area contributed by atoms with Crippen molar-refractivity contribution in [2.75, 3.05) is 6.61 Å². The number of aryl methyl sites for hydroxylation is 1. The van der Waals surface area contributed by atoms with Crippen LogP contribution >= 0.6 is 0 Å². The van der Waals surface area contributed by atoms with Gasteiger partial charge in [0.1, 0.15) is 5.75 Å². The summed E-state index contributed by atoms with van der Waals surface area (Å²) < 4.78 is 5.76. The highest BCUT2D eigenvalue weighted by Crippen LogP contribution is 2.34. The third kappa shape index (κ3) is 3.33. The smallest absolute Gasteiger partial charge is 0.228 e. The average Bonchev–Trinajstić information content (AvgIpc) is 2.43. The van der Waals surface area contributed by atoms with Crippen molar-refractivity contribution < 1.29 is 9.53 Å². The molecule has 1 aromatic carbocycles. The number of primary amides is 1. The third-order valence-electron chi connectivity index (χ3n) is 4.16. The molecule has 112 valence electrons. The molecule has 20 heavy (non-hydrogen) atoms. The van der Waals surface area contributed by atoms with E-state index in [9.17, 15) is 4.79 Å². The number of hydrogen-bond donors (Lipinski definition) is 1. The van der Waals surface area contributed by atoms with Crippen molar-refractivity contribution in [2.45, 2.75) is 58.8 Å². The van der Waals surface area contributed by atoms with Crippen LogP contribution in [-0.4, -0.2) is 12.5 Å². The second-order valence-electron chi connectivity index (χ2n) is 5.34. The van der Waals surface area contributed by atoms with Gasteiger partial charge >= 0.3 is 0 Å². The van der Waals surface area contributed by atoms with Crippen LogP contribution in [0.5, 0.6) is 5.75 Å². The number of hydrogen-bond acceptors (Lipinski definition) is 2. The molecule has 0 saturated carbocycles. The molecule has 0 heterocycles. The Hall–Kier alpha value is -1.51. The van der Waals surface area contributed by atoms with Crippen LogP contribution in [0.25, 0.3) is 0 Å². The Morgan fingerprint density at radius 2 is 1.90 bits per heavy atom. The Morgan fingerprint density at radius 3 is 2.35 bits per heavy atom. The zero-order chi connectivity index (χ0) is 15.2. The molecule has 3 nitrogen and oxygen atoms in total. The van der Waals surface area contributed by atoms with E-state index in [1.54, 1.807) is 0 Å². The Balaban J connectivity index is 3.03. The van der Waals surface area contributed by atoms with E-state index < -0.39 is 5.41 Å². The van der Waals surface area contributed by atoms with Crippen LogP contribution in [0.4, 0.5) is 0 Å². The van der Waals surface area contributed by atoms with Crippen LogP contribution in [0.1, 0.15) is 57.6 Å². The quantitative estimate of drug-likeness (QED) is 0.736. The van der Waals surface area contributed by atoms with E-state index in [0.29, 0.717) is 12.8 Å². The predicted molar refractivity (Wildman–Crippen MR) is 83.0 cm³/mol. The Kier molecular flexibility index (Phi) is 6.05. The van der Waals surface area contributed by atoms with Gasteiger partial charge in [-0.05, 0) is 43.4 Å². The molecule has 0 fully saturated rings. The van der Waals surface area contributed by atoms with Gasteiger partial charge in [-0.2, -0.15) is 0 Å². The van der Waals surface area contributed by atoms with E-state index >= 15 is 0 Å². The van der Waals surface area contributed by atoms with Crippen molar-refractivity contribution >= 4 is 5.91 Å². The molecule has 2 N–H and O–H groups in total. The van der Waals surface area contributed by atoms with Crippen LogP contribution in [0, 0.1) is 6.92 Å². The lowest BCUT2D eigenvalue weighted by atomic mass is 9.75. The van der Waals surface area contributed by atoms with E-state index in [2.05, 4.69) is 6.92 Å². The molecule has 0 unspecified atom stereocenters. The fraction of sp³-hybridized carbons (Fsp3) is 0.588. The van der Waals surface area contributed by atoms with E-state index in [1.807, 2.05) is 39.0 Å². The summed E-state index contributed by atoms with van der Waals surface area (Å²) in [6.07, 6.45) is 3.60. The molecule has 0 aromatic heterocycles. The predicted octanol–water partition coefficient (Wildman–Crippen LogP) is 3.72. The minimum absolute atomic E-state index is 0.249. The molecular formula is C17H27NO2. The van der Waals surface area contributed by atoms with Crippen LogP contribution in [0.15, 0.2) is 18.2 Å². The summed E-state index contributed by atoms with van der Waals surface area (Å²) in [6.45, 7) is 8.91. The first-order chi connectivity index (χ1) is 9.51. The van der Waals surface area contributed by atoms with Gasteiger partial charge in [-0.1, -0.05) is 39.3 Å². The monoisotopic (exact) mass is 277 g/mol. The molecule has 0 bridgehead atoms. The van der Waals surface area contributed by atoms with Crippen molar-refractivity contribution in [1.82, 2.24) is 0 Å². The van der Waals surface area contributed by atoms with E-state index in [1.165, 1.54) is 0 Å². The molecular weight excluding hydrogens is 250 g/mol. The molecule has 0 aliphatic heterocycles. The molecule has 0 spiro atoms. The summed E-state index contributed by atoms with van der Waals surface area (Å²) >= 11 is 0. The molecule has 0 aliphatic carbocycles. The average molecular weight is 277 g/mol. The molecule has 1 amide bonds. The number of benzene rings is 1. The first kappa shape index (κ1) is 16.5. The maximum absolute atomic E-state index is 11.9. The highest BCUT2D eigenvalue weighted by atomic mass is 16.5. The number of unbranched alkanes of at least 4 members (excludes halogenated alkanes) is 1. The second kappa shape index (κ2) is 7.32. The molecule has 0 atom stereocenters. The maximum atomic E-state index is 11.9. The van der Waals surface area contributed by atoms with Crippen LogP contribution in [0.3, 0.4) is 0 Å². The van der Waals surface area contributed by atoms with E-state index in [-0.39, 0.29) is 5.91 Å². The Bertz CT molecular complexity index is 450. The molecule has 3 heteroatoms.